The molecule has 4 nitrogen and oxygen atoms in total. The van der Waals surface area contributed by atoms with Crippen molar-refractivity contribution < 1.29 is 5.11 Å². The van der Waals surface area contributed by atoms with Gasteiger partial charge in [0, 0.05) is 19.3 Å². The van der Waals surface area contributed by atoms with E-state index in [2.05, 4.69) is 21.8 Å². The minimum atomic E-state index is -0.728. The molecular formula is C12H21N3O. The fourth-order valence-corrected chi connectivity index (χ4v) is 1.63. The van der Waals surface area contributed by atoms with Crippen LogP contribution in [0.25, 0.3) is 0 Å². The second-order valence-electron chi connectivity index (χ2n) is 4.75. The topological polar surface area (TPSA) is 49.2 Å². The van der Waals surface area contributed by atoms with E-state index in [1.807, 2.05) is 13.8 Å². The van der Waals surface area contributed by atoms with Crippen LogP contribution >= 0.6 is 0 Å². The van der Waals surface area contributed by atoms with Crippen LogP contribution < -0.4 is 4.90 Å². The molecule has 0 spiro atoms. The summed E-state index contributed by atoms with van der Waals surface area (Å²) in [5.41, 5.74) is 1.07. The lowest BCUT2D eigenvalue weighted by atomic mass is 10.1. The smallest absolute Gasteiger partial charge is 0.150 e. The number of nitrogens with zero attached hydrogens (tertiary/aromatic N) is 3. The first-order valence-corrected chi connectivity index (χ1v) is 5.61. The molecule has 0 aromatic carbocycles. The van der Waals surface area contributed by atoms with Crippen molar-refractivity contribution in [2.75, 3.05) is 18.0 Å². The third-order valence-electron chi connectivity index (χ3n) is 2.31. The SMILES string of the molecule is CCN(CC(C)(C)O)c1nc(C)cnc1C. The van der Waals surface area contributed by atoms with Crippen LogP contribution in [0.2, 0.25) is 0 Å². The average Bonchev–Trinajstić information content (AvgIpc) is 2.17. The maximum atomic E-state index is 9.85. The fourth-order valence-electron chi connectivity index (χ4n) is 1.63. The Labute approximate surface area is 97.3 Å². The third kappa shape index (κ3) is 3.45. The molecule has 0 aliphatic carbocycles. The van der Waals surface area contributed by atoms with Gasteiger partial charge in [0.15, 0.2) is 0 Å². The first-order valence-electron chi connectivity index (χ1n) is 5.61. The lowest BCUT2D eigenvalue weighted by molar-refractivity contribution is 0.0873. The minimum absolute atomic E-state index is 0.558. The molecule has 0 saturated carbocycles. The molecule has 1 N–H and O–H groups in total. The highest BCUT2D eigenvalue weighted by Gasteiger charge is 2.19. The predicted molar refractivity (Wildman–Crippen MR) is 65.7 cm³/mol. The molecule has 4 heteroatoms. The average molecular weight is 223 g/mol. The zero-order valence-corrected chi connectivity index (χ0v) is 10.8. The molecule has 1 aromatic heterocycles. The number of hydrogen-bond acceptors (Lipinski definition) is 4. The zero-order valence-electron chi connectivity index (χ0n) is 10.8. The Hall–Kier alpha value is -1.16. The molecule has 0 fully saturated rings. The molecule has 0 bridgehead atoms. The van der Waals surface area contributed by atoms with Gasteiger partial charge in [-0.1, -0.05) is 0 Å². The fraction of sp³-hybridized carbons (Fsp3) is 0.667. The second-order valence-corrected chi connectivity index (χ2v) is 4.75. The van der Waals surface area contributed by atoms with Gasteiger partial charge in [0.05, 0.1) is 17.0 Å². The highest BCUT2D eigenvalue weighted by atomic mass is 16.3. The summed E-state index contributed by atoms with van der Waals surface area (Å²) < 4.78 is 0. The molecule has 16 heavy (non-hydrogen) atoms. The Kier molecular flexibility index (Phi) is 3.86. The zero-order chi connectivity index (χ0) is 12.3. The predicted octanol–water partition coefficient (Wildman–Crippen LogP) is 1.69. The number of aliphatic hydroxyl groups is 1. The molecule has 0 saturated heterocycles. The summed E-state index contributed by atoms with van der Waals surface area (Å²) in [4.78, 5) is 10.8. The van der Waals surface area contributed by atoms with Crippen LogP contribution in [-0.4, -0.2) is 33.8 Å². The molecule has 0 aliphatic rings. The van der Waals surface area contributed by atoms with E-state index in [4.69, 9.17) is 0 Å². The van der Waals surface area contributed by atoms with Gasteiger partial charge in [-0.05, 0) is 34.6 Å². The van der Waals surface area contributed by atoms with Crippen molar-refractivity contribution in [1.29, 1.82) is 0 Å². The molecule has 1 rings (SSSR count). The second kappa shape index (κ2) is 4.78. The summed E-state index contributed by atoms with van der Waals surface area (Å²) in [6.45, 7) is 10.9. The lowest BCUT2D eigenvalue weighted by Crippen LogP contribution is -2.39. The van der Waals surface area contributed by atoms with Gasteiger partial charge in [-0.25, -0.2) is 4.98 Å². The van der Waals surface area contributed by atoms with Crippen LogP contribution in [0.15, 0.2) is 6.20 Å². The monoisotopic (exact) mass is 223 g/mol. The summed E-state index contributed by atoms with van der Waals surface area (Å²) in [6.07, 6.45) is 1.76. The van der Waals surface area contributed by atoms with Crippen LogP contribution in [-0.2, 0) is 0 Å². The van der Waals surface area contributed by atoms with Crippen molar-refractivity contribution in [2.45, 2.75) is 40.2 Å². The summed E-state index contributed by atoms with van der Waals surface area (Å²) in [7, 11) is 0. The van der Waals surface area contributed by atoms with Gasteiger partial charge in [-0.2, -0.15) is 0 Å². The van der Waals surface area contributed by atoms with Gasteiger partial charge in [0.1, 0.15) is 5.82 Å². The van der Waals surface area contributed by atoms with Crippen molar-refractivity contribution in [3.05, 3.63) is 17.6 Å². The number of aryl methyl sites for hydroxylation is 2. The van der Waals surface area contributed by atoms with E-state index in [-0.39, 0.29) is 0 Å². The Morgan fingerprint density at radius 3 is 2.50 bits per heavy atom. The Morgan fingerprint density at radius 2 is 2.00 bits per heavy atom. The van der Waals surface area contributed by atoms with Gasteiger partial charge in [0.25, 0.3) is 0 Å². The maximum absolute atomic E-state index is 9.85. The molecule has 1 heterocycles. The van der Waals surface area contributed by atoms with E-state index in [9.17, 15) is 5.11 Å². The molecule has 0 radical (unpaired) electrons. The molecule has 0 aliphatic heterocycles. The molecule has 0 amide bonds. The van der Waals surface area contributed by atoms with Crippen molar-refractivity contribution in [3.8, 4) is 0 Å². The van der Waals surface area contributed by atoms with E-state index in [1.54, 1.807) is 20.0 Å². The van der Waals surface area contributed by atoms with Gasteiger partial charge < -0.3 is 10.0 Å². The van der Waals surface area contributed by atoms with Crippen LogP contribution in [0.4, 0.5) is 5.82 Å². The molecule has 90 valence electrons. The normalized spacial score (nSPS) is 11.6. The Balaban J connectivity index is 2.99. The summed E-state index contributed by atoms with van der Waals surface area (Å²) in [5.74, 6) is 0.865. The van der Waals surface area contributed by atoms with Crippen LogP contribution in [0.1, 0.15) is 32.2 Å². The summed E-state index contributed by atoms with van der Waals surface area (Å²) in [5, 5.41) is 9.85. The Bertz CT molecular complexity index is 358. The summed E-state index contributed by atoms with van der Waals surface area (Å²) in [6, 6.07) is 0. The number of rotatable bonds is 4. The van der Waals surface area contributed by atoms with E-state index in [0.29, 0.717) is 6.54 Å². The van der Waals surface area contributed by atoms with Crippen molar-refractivity contribution in [1.82, 2.24) is 9.97 Å². The number of aromatic nitrogens is 2. The van der Waals surface area contributed by atoms with Gasteiger partial charge in [-0.3, -0.25) is 4.98 Å². The highest BCUT2D eigenvalue weighted by Crippen LogP contribution is 2.17. The first kappa shape index (κ1) is 12.9. The maximum Gasteiger partial charge on any atom is 0.150 e. The van der Waals surface area contributed by atoms with Crippen molar-refractivity contribution >= 4 is 5.82 Å². The van der Waals surface area contributed by atoms with Crippen LogP contribution in [0.3, 0.4) is 0 Å². The quantitative estimate of drug-likeness (QED) is 0.844. The highest BCUT2D eigenvalue weighted by molar-refractivity contribution is 5.43. The largest absolute Gasteiger partial charge is 0.389 e. The van der Waals surface area contributed by atoms with Crippen LogP contribution in [0, 0.1) is 13.8 Å². The molecule has 0 atom stereocenters. The lowest BCUT2D eigenvalue weighted by Gasteiger charge is -2.29. The van der Waals surface area contributed by atoms with E-state index < -0.39 is 5.60 Å². The third-order valence-corrected chi connectivity index (χ3v) is 2.31. The minimum Gasteiger partial charge on any atom is -0.389 e. The Morgan fingerprint density at radius 1 is 1.38 bits per heavy atom. The number of anilines is 1. The van der Waals surface area contributed by atoms with E-state index in [1.165, 1.54) is 0 Å². The molecule has 0 unspecified atom stereocenters. The van der Waals surface area contributed by atoms with E-state index >= 15 is 0 Å². The van der Waals surface area contributed by atoms with Gasteiger partial charge in [-0.15, -0.1) is 0 Å². The van der Waals surface area contributed by atoms with Crippen molar-refractivity contribution in [2.24, 2.45) is 0 Å². The van der Waals surface area contributed by atoms with E-state index in [0.717, 1.165) is 23.8 Å². The number of hydrogen-bond donors (Lipinski definition) is 1. The van der Waals surface area contributed by atoms with Gasteiger partial charge >= 0.3 is 0 Å². The first-order chi connectivity index (χ1) is 7.33. The van der Waals surface area contributed by atoms with Gasteiger partial charge in [0.2, 0.25) is 0 Å². The standard InChI is InChI=1S/C12H21N3O/c1-6-15(8-12(4,5)16)11-10(3)13-7-9(2)14-11/h7,16H,6,8H2,1-5H3. The van der Waals surface area contributed by atoms with Crippen molar-refractivity contribution in [3.63, 3.8) is 0 Å². The molecule has 1 aromatic rings. The van der Waals surface area contributed by atoms with Crippen LogP contribution in [0.5, 0.6) is 0 Å². The summed E-state index contributed by atoms with van der Waals surface area (Å²) >= 11 is 0. The number of likely N-dealkylation sites (N-methyl/N-ethyl adjacent to an activating group) is 1. The molecular weight excluding hydrogens is 202 g/mol.